The van der Waals surface area contributed by atoms with Gasteiger partial charge in [-0.1, -0.05) is 102 Å². The van der Waals surface area contributed by atoms with Crippen LogP contribution in [0, 0.1) is 10.8 Å². The molecule has 2 aromatic heterocycles. The number of nitrogens with zero attached hydrogens (tertiary/aromatic N) is 4. The number of aliphatic carboxylic acids is 1. The molecule has 2 heterocycles. The largest absolute Gasteiger partial charge is 1.00 e. The van der Waals surface area contributed by atoms with Crippen LogP contribution in [0.1, 0.15) is 108 Å². The molecule has 2 aromatic carbocycles. The second-order valence-electron chi connectivity index (χ2n) is 19.7. The van der Waals surface area contributed by atoms with Crippen molar-refractivity contribution in [1.29, 1.82) is 0 Å². The molecule has 0 unspecified atom stereocenters. The number of hydrogen-bond donors (Lipinski definition) is 3. The van der Waals surface area contributed by atoms with Gasteiger partial charge in [-0.2, -0.15) is 0 Å². The zero-order chi connectivity index (χ0) is 58.1. The van der Waals surface area contributed by atoms with Crippen LogP contribution in [0.15, 0.2) is 98.1 Å². The van der Waals surface area contributed by atoms with E-state index in [9.17, 15) is 33.2 Å². The van der Waals surface area contributed by atoms with E-state index < -0.39 is 84.1 Å². The topological polar surface area (TPSA) is 278 Å². The first kappa shape index (κ1) is 79.0. The molecule has 21 nitrogen and oxygen atoms in total. The van der Waals surface area contributed by atoms with E-state index in [1.165, 1.54) is 6.08 Å². The van der Waals surface area contributed by atoms with Crippen molar-refractivity contribution in [3.05, 3.63) is 120 Å². The third-order valence-corrected chi connectivity index (χ3v) is 8.91. The van der Waals surface area contributed by atoms with E-state index in [0.29, 0.717) is 6.54 Å². The van der Waals surface area contributed by atoms with Gasteiger partial charge in [-0.05, 0) is 86.8 Å². The van der Waals surface area contributed by atoms with Crippen LogP contribution in [0.4, 0.5) is 14.0 Å². The quantitative estimate of drug-likeness (QED) is 0.0212. The van der Waals surface area contributed by atoms with Gasteiger partial charge in [-0.15, -0.1) is 12.4 Å². The van der Waals surface area contributed by atoms with E-state index in [1.807, 2.05) is 90.8 Å². The molecule has 4 rings (SSSR count). The number of amides is 2. The van der Waals surface area contributed by atoms with Gasteiger partial charge in [0, 0.05) is 50.0 Å². The normalized spacial score (nSPS) is 11.6. The van der Waals surface area contributed by atoms with Gasteiger partial charge >= 0.3 is 174 Å². The van der Waals surface area contributed by atoms with E-state index in [2.05, 4.69) is 25.5 Å². The molecule has 0 saturated heterocycles. The van der Waals surface area contributed by atoms with E-state index in [4.69, 9.17) is 51.8 Å². The van der Waals surface area contributed by atoms with Crippen molar-refractivity contribution in [2.75, 3.05) is 20.0 Å². The van der Waals surface area contributed by atoms with Crippen LogP contribution < -0.4 is 154 Å². The maximum Gasteiger partial charge on any atom is 1.00 e. The summed E-state index contributed by atoms with van der Waals surface area (Å²) in [6, 6.07) is 13.4. The summed E-state index contributed by atoms with van der Waals surface area (Å²) in [7, 11) is -1.00. The number of ether oxygens (including phenoxy) is 5. The molecule has 0 aliphatic rings. The van der Waals surface area contributed by atoms with E-state index in [-0.39, 0.29) is 164 Å². The Balaban J connectivity index is -0.000000347. The first-order valence-corrected chi connectivity index (χ1v) is 23.2. The van der Waals surface area contributed by atoms with Gasteiger partial charge in [0.15, 0.2) is 6.07 Å². The third-order valence-electron chi connectivity index (χ3n) is 8.80. The predicted molar refractivity (Wildman–Crippen MR) is 283 cm³/mol. The van der Waals surface area contributed by atoms with Gasteiger partial charge in [-0.3, -0.25) is 9.18 Å². The minimum Gasteiger partial charge on any atom is -1.00 e. The fourth-order valence-corrected chi connectivity index (χ4v) is 5.61. The van der Waals surface area contributed by atoms with Crippen LogP contribution >= 0.6 is 24.0 Å². The molecular weight excluding hydrogens is 1300 g/mol. The third kappa shape index (κ3) is 40.1. The number of imidazole rings is 2. The number of hydrogen-bond acceptors (Lipinski definition) is 16. The van der Waals surface area contributed by atoms with Gasteiger partial charge in [0.1, 0.15) is 23.3 Å². The standard InChI is InChI=1S/C25H33N3O6.C13H12N2O2.C12H22ClNO4.CH3F.CH2O3.ClH.2Cs.H/c1-24(2,3)21(27-23(31)34-25(4,5)6)22(30)33-17-32-20(29)12-11-18-7-9-19(10-8-18)15-28-14-13-26-16-28;16-13(17)6-5-11-1-3-12(4-2-11)9-15-8-7-14-10-15;1-11(2,3)8(9(15)17-7-13)14-10(16)18-12(4,5)6;1-2;2-1-4-3;;;;/h7-14,16,21H,15,17H2,1-6H3,(H,27,31);1-8,10H,9H2,(H,16,17);8H,7H2,1-6H3,(H,14,16);1H3;1,3H;1H;;;/q;;;;;;2*+1;-1/p-1/b12-11+;6-5+;;;;;;;/t21-;;8-;;;;;;/m1.1....../s1/i;;;1D;;;;;. The Labute approximate surface area is 587 Å². The Kier molecular flexibility index (Phi) is 43.2. The maximum absolute atomic E-state index is 12.5. The monoisotopic (exact) mass is 1380 g/mol. The van der Waals surface area contributed by atoms with Crippen molar-refractivity contribution in [3.8, 4) is 0 Å². The number of aromatic nitrogens is 4. The minimum absolute atomic E-state index is 0. The van der Waals surface area contributed by atoms with E-state index in [0.717, 1.165) is 34.9 Å². The summed E-state index contributed by atoms with van der Waals surface area (Å²) in [6.07, 6.45) is 14.9. The molecule has 78 heavy (non-hydrogen) atoms. The molecule has 0 radical (unpaired) electrons. The first-order chi connectivity index (χ1) is 35.4. The van der Waals surface area contributed by atoms with Crippen molar-refractivity contribution in [3.63, 3.8) is 0 Å². The SMILES string of the molecule is CC(C)(C)OC(=O)N[C@H](C(=O)OCCl)C(C)(C)C.CC(C)(C)OC(=O)N[C@H](C(=O)OCOC(=O)/C=C/c1ccc(Cn2ccnc2)cc1)C(C)(C)C.Cl.O=C(O)/C=C/c1ccc(Cn2ccnc2)cc1.O=CO[O-].[2H]CF.[Cs+].[Cs+].[H-]. The smallest absolute Gasteiger partial charge is 1.00 e. The van der Waals surface area contributed by atoms with Crippen molar-refractivity contribution in [1.82, 2.24) is 29.7 Å². The minimum atomic E-state index is -1.00. The van der Waals surface area contributed by atoms with Crippen LogP contribution in [0.5, 0.6) is 0 Å². The Morgan fingerprint density at radius 2 is 1.06 bits per heavy atom. The average molecular weight is 1380 g/mol. The Morgan fingerprint density at radius 1 is 0.705 bits per heavy atom. The molecule has 2 atom stereocenters. The second kappa shape index (κ2) is 42.6. The molecule has 0 aliphatic carbocycles. The van der Waals surface area contributed by atoms with Crippen LogP contribution in [-0.4, -0.2) is 110 Å². The molecule has 0 saturated carbocycles. The Bertz CT molecular complexity index is 2420. The van der Waals surface area contributed by atoms with Crippen molar-refractivity contribution in [2.24, 2.45) is 10.8 Å². The van der Waals surface area contributed by atoms with Crippen LogP contribution in [0.2, 0.25) is 0 Å². The zero-order valence-corrected chi connectivity index (χ0v) is 60.9. The van der Waals surface area contributed by atoms with Gasteiger partial charge in [0.05, 0.1) is 21.2 Å². The van der Waals surface area contributed by atoms with Crippen LogP contribution in [0.25, 0.3) is 12.2 Å². The molecule has 0 bridgehead atoms. The van der Waals surface area contributed by atoms with Gasteiger partial charge < -0.3 is 60.1 Å². The van der Waals surface area contributed by atoms with E-state index >= 15 is 0 Å². The zero-order valence-electron chi connectivity index (χ0n) is 48.8. The number of alkyl halides is 2. The number of nitrogens with one attached hydrogen (secondary N) is 2. The summed E-state index contributed by atoms with van der Waals surface area (Å²) >= 11 is 5.35. The molecule has 3 N–H and O–H groups in total. The maximum atomic E-state index is 12.5. The number of halogens is 3. The molecule has 4 aromatic rings. The fraction of sp³-hybridized carbons (Fsp3) is 0.442. The van der Waals surface area contributed by atoms with Gasteiger partial charge in [0.25, 0.3) is 6.47 Å². The first-order valence-electron chi connectivity index (χ1n) is 23.4. The van der Waals surface area contributed by atoms with Crippen LogP contribution in [-0.2, 0) is 65.6 Å². The summed E-state index contributed by atoms with van der Waals surface area (Å²) < 4.78 is 44.5. The van der Waals surface area contributed by atoms with Gasteiger partial charge in [-0.25, -0.2) is 38.7 Å². The summed E-state index contributed by atoms with van der Waals surface area (Å²) in [5.41, 5.74) is 1.46. The molecule has 424 valence electrons. The fourth-order valence-electron chi connectivity index (χ4n) is 5.51. The summed E-state index contributed by atoms with van der Waals surface area (Å²) in [4.78, 5) is 89.5. The Hall–Kier alpha value is -3.20. The number of carbonyl (C=O) groups is 7. The number of esters is 3. The number of carbonyl (C=O) groups excluding carboxylic acids is 6. The van der Waals surface area contributed by atoms with Crippen molar-refractivity contribution >= 4 is 78.7 Å². The van der Waals surface area contributed by atoms with Gasteiger partial charge in [0.2, 0.25) is 6.79 Å². The molecule has 26 heteroatoms. The summed E-state index contributed by atoms with van der Waals surface area (Å²) in [5.74, 6) is -2.91. The molecule has 2 amide bonds. The number of benzene rings is 2. The molecular formula is C52H73Cl2Cs2FN6O15. The number of alkyl carbamates (subject to hydrolysis) is 2. The van der Waals surface area contributed by atoms with E-state index in [1.54, 1.807) is 99.5 Å². The second-order valence-corrected chi connectivity index (χ2v) is 19.9. The molecule has 0 aliphatic heterocycles. The number of carboxylic acid groups (broad SMARTS) is 1. The summed E-state index contributed by atoms with van der Waals surface area (Å²) in [5, 5.41) is 22.0. The Morgan fingerprint density at radius 3 is 1.36 bits per heavy atom. The number of carboxylic acids is 1. The van der Waals surface area contributed by atoms with Crippen LogP contribution in [0.3, 0.4) is 0 Å². The molecule has 0 fully saturated rings. The number of rotatable bonds is 16. The molecule has 0 spiro atoms. The van der Waals surface area contributed by atoms with Crippen molar-refractivity contribution in [2.45, 2.75) is 119 Å². The van der Waals surface area contributed by atoms with Crippen molar-refractivity contribution < 1.29 is 217 Å². The predicted octanol–water partition coefficient (Wildman–Crippen LogP) is 2.19. The average Bonchev–Trinajstić information content (AvgIpc) is 4.04. The summed E-state index contributed by atoms with van der Waals surface area (Å²) in [6.45, 7) is 21.9.